The van der Waals surface area contributed by atoms with Crippen LogP contribution in [0.1, 0.15) is 35.4 Å². The lowest BCUT2D eigenvalue weighted by molar-refractivity contribution is 0.166. The molecule has 7 rings (SSSR count). The highest BCUT2D eigenvalue weighted by Crippen LogP contribution is 2.69. The smallest absolute Gasteiger partial charge is 0.320 e. The van der Waals surface area contributed by atoms with Gasteiger partial charge in [-0.3, -0.25) is 0 Å². The van der Waals surface area contributed by atoms with Crippen molar-refractivity contribution in [2.24, 2.45) is 5.92 Å². The summed E-state index contributed by atoms with van der Waals surface area (Å²) in [5.41, 5.74) is 5.67. The molecule has 3 fully saturated rings. The zero-order valence-corrected chi connectivity index (χ0v) is 20.4. The molecule has 2 amide bonds. The largest absolute Gasteiger partial charge is 0.325 e. The summed E-state index contributed by atoms with van der Waals surface area (Å²) in [6, 6.07) is 21.9. The van der Waals surface area contributed by atoms with Gasteiger partial charge < -0.3 is 9.80 Å². The van der Waals surface area contributed by atoms with Crippen LogP contribution in [-0.4, -0.2) is 51.8 Å². The predicted molar refractivity (Wildman–Crippen MR) is 138 cm³/mol. The number of rotatable bonds is 3. The van der Waals surface area contributed by atoms with Crippen LogP contribution in [0.15, 0.2) is 72.9 Å². The fraction of sp³-hybridized carbons (Fsp3) is 0.333. The first-order valence-corrected chi connectivity index (χ1v) is 12.9. The zero-order valence-electron chi connectivity index (χ0n) is 20.4. The SMILES string of the molecule is Cc1cc2c(cnn2-c2ccc(F)cc2)cc1[C@@]12CN(C(=O)N3CCCC3)C[C@@H]1[C@H]2c1ccccc1. The Labute approximate surface area is 210 Å². The number of carbonyl (C=O) groups is 1. The Morgan fingerprint density at radius 2 is 1.75 bits per heavy atom. The van der Waals surface area contributed by atoms with Crippen molar-refractivity contribution in [3.05, 3.63) is 95.4 Å². The second-order valence-corrected chi connectivity index (χ2v) is 10.7. The molecule has 0 radical (unpaired) electrons. The molecule has 1 aliphatic carbocycles. The van der Waals surface area contributed by atoms with E-state index in [4.69, 9.17) is 0 Å². The van der Waals surface area contributed by atoms with Gasteiger partial charge in [-0.05, 0) is 78.8 Å². The van der Waals surface area contributed by atoms with Crippen LogP contribution in [0.5, 0.6) is 0 Å². The number of benzene rings is 3. The van der Waals surface area contributed by atoms with Gasteiger partial charge >= 0.3 is 6.03 Å². The molecule has 1 aromatic heterocycles. The van der Waals surface area contributed by atoms with Gasteiger partial charge in [0.05, 0.1) is 17.4 Å². The monoisotopic (exact) mass is 480 g/mol. The Bertz CT molecular complexity index is 1460. The van der Waals surface area contributed by atoms with E-state index in [0.717, 1.165) is 55.6 Å². The van der Waals surface area contributed by atoms with Crippen molar-refractivity contribution in [1.29, 1.82) is 0 Å². The normalized spacial score (nSPS) is 24.9. The molecular weight excluding hydrogens is 451 g/mol. The number of likely N-dealkylation sites (tertiary alicyclic amines) is 2. The van der Waals surface area contributed by atoms with Crippen molar-refractivity contribution in [3.63, 3.8) is 0 Å². The molecule has 5 nitrogen and oxygen atoms in total. The fourth-order valence-corrected chi connectivity index (χ4v) is 6.98. The van der Waals surface area contributed by atoms with Gasteiger partial charge in [-0.15, -0.1) is 0 Å². The van der Waals surface area contributed by atoms with Crippen LogP contribution in [0.4, 0.5) is 9.18 Å². The van der Waals surface area contributed by atoms with E-state index in [2.05, 4.69) is 59.4 Å². The number of hydrogen-bond acceptors (Lipinski definition) is 2. The molecule has 3 aromatic carbocycles. The first-order valence-electron chi connectivity index (χ1n) is 12.9. The van der Waals surface area contributed by atoms with E-state index in [1.165, 1.54) is 28.8 Å². The summed E-state index contributed by atoms with van der Waals surface area (Å²) < 4.78 is 15.4. The van der Waals surface area contributed by atoms with E-state index in [0.29, 0.717) is 11.8 Å². The molecule has 2 aliphatic heterocycles. The van der Waals surface area contributed by atoms with Crippen molar-refractivity contribution in [1.82, 2.24) is 19.6 Å². The number of piperidine rings is 1. The third-order valence-corrected chi connectivity index (χ3v) is 8.67. The molecule has 3 atom stereocenters. The maximum atomic E-state index is 13.5. The van der Waals surface area contributed by atoms with Gasteiger partial charge in [0.2, 0.25) is 0 Å². The average Bonchev–Trinajstić information content (AvgIpc) is 3.40. The van der Waals surface area contributed by atoms with Crippen LogP contribution in [0.25, 0.3) is 16.6 Å². The summed E-state index contributed by atoms with van der Waals surface area (Å²) in [6.45, 7) is 5.49. The average molecular weight is 481 g/mol. The highest BCUT2D eigenvalue weighted by atomic mass is 19.1. The van der Waals surface area contributed by atoms with Crippen molar-refractivity contribution in [3.8, 4) is 5.69 Å². The Morgan fingerprint density at radius 1 is 1.00 bits per heavy atom. The molecular formula is C30H29FN4O. The minimum absolute atomic E-state index is 0.0764. The molecule has 36 heavy (non-hydrogen) atoms. The Morgan fingerprint density at radius 3 is 2.50 bits per heavy atom. The predicted octanol–water partition coefficient (Wildman–Crippen LogP) is 5.66. The summed E-state index contributed by atoms with van der Waals surface area (Å²) in [5, 5.41) is 5.70. The first kappa shape index (κ1) is 21.6. The molecule has 182 valence electrons. The summed E-state index contributed by atoms with van der Waals surface area (Å²) in [4.78, 5) is 17.4. The number of urea groups is 1. The van der Waals surface area contributed by atoms with Crippen LogP contribution in [0.2, 0.25) is 0 Å². The maximum Gasteiger partial charge on any atom is 0.320 e. The van der Waals surface area contributed by atoms with E-state index in [1.54, 1.807) is 12.1 Å². The van der Waals surface area contributed by atoms with Gasteiger partial charge in [0.1, 0.15) is 5.82 Å². The van der Waals surface area contributed by atoms with Gasteiger partial charge in [-0.25, -0.2) is 13.9 Å². The fourth-order valence-electron chi connectivity index (χ4n) is 6.98. The summed E-state index contributed by atoms with van der Waals surface area (Å²) in [5.74, 6) is 0.563. The molecule has 2 saturated heterocycles. The Hall–Kier alpha value is -3.67. The molecule has 6 heteroatoms. The van der Waals surface area contributed by atoms with Crippen LogP contribution in [0, 0.1) is 18.7 Å². The number of aromatic nitrogens is 2. The lowest BCUT2D eigenvalue weighted by atomic mass is 9.86. The number of halogens is 1. The standard InChI is InChI=1S/C30H29FN4O/c1-20-15-27-22(17-32-35(27)24-11-9-23(31)10-12-24)16-25(20)30-19-34(29(36)33-13-5-6-14-33)18-26(30)28(30)21-7-3-2-4-8-21/h2-4,7-12,15-17,26,28H,5-6,13-14,18-19H2,1H3/t26-,28-,30+/m1/s1. The van der Waals surface area contributed by atoms with Crippen LogP contribution in [-0.2, 0) is 5.41 Å². The second-order valence-electron chi connectivity index (χ2n) is 10.7. The van der Waals surface area contributed by atoms with Crippen LogP contribution < -0.4 is 0 Å². The molecule has 0 spiro atoms. The minimum Gasteiger partial charge on any atom is -0.325 e. The third-order valence-electron chi connectivity index (χ3n) is 8.67. The Kier molecular flexibility index (Phi) is 4.75. The molecule has 1 saturated carbocycles. The highest BCUT2D eigenvalue weighted by Gasteiger charge is 2.71. The number of amides is 2. The Balaban J connectivity index is 1.30. The second kappa shape index (κ2) is 7.92. The highest BCUT2D eigenvalue weighted by molar-refractivity contribution is 5.83. The summed E-state index contributed by atoms with van der Waals surface area (Å²) >= 11 is 0. The van der Waals surface area contributed by atoms with Gasteiger partial charge in [-0.2, -0.15) is 5.10 Å². The van der Waals surface area contributed by atoms with E-state index in [1.807, 2.05) is 15.8 Å². The van der Waals surface area contributed by atoms with Gasteiger partial charge in [-0.1, -0.05) is 30.3 Å². The number of fused-ring (bicyclic) bond motifs is 2. The lowest BCUT2D eigenvalue weighted by Gasteiger charge is -2.29. The number of carbonyl (C=O) groups excluding carboxylic acids is 1. The molecule has 0 bridgehead atoms. The van der Waals surface area contributed by atoms with Crippen molar-refractivity contribution in [2.45, 2.75) is 31.1 Å². The van der Waals surface area contributed by atoms with Crippen LogP contribution >= 0.6 is 0 Å². The van der Waals surface area contributed by atoms with Crippen molar-refractivity contribution in [2.75, 3.05) is 26.2 Å². The summed E-state index contributed by atoms with van der Waals surface area (Å²) in [7, 11) is 0. The maximum absolute atomic E-state index is 13.5. The van der Waals surface area contributed by atoms with E-state index < -0.39 is 0 Å². The van der Waals surface area contributed by atoms with Crippen LogP contribution in [0.3, 0.4) is 0 Å². The number of nitrogens with zero attached hydrogens (tertiary/aromatic N) is 4. The molecule has 0 N–H and O–H groups in total. The van der Waals surface area contributed by atoms with Gasteiger partial charge in [0.25, 0.3) is 0 Å². The van der Waals surface area contributed by atoms with E-state index in [-0.39, 0.29) is 17.3 Å². The van der Waals surface area contributed by atoms with E-state index >= 15 is 0 Å². The lowest BCUT2D eigenvalue weighted by Crippen LogP contribution is -2.43. The van der Waals surface area contributed by atoms with Crippen molar-refractivity contribution >= 4 is 16.9 Å². The molecule has 3 heterocycles. The minimum atomic E-state index is -0.256. The molecule has 3 aliphatic rings. The summed E-state index contributed by atoms with van der Waals surface area (Å²) in [6.07, 6.45) is 4.11. The number of hydrogen-bond donors (Lipinski definition) is 0. The molecule has 0 unspecified atom stereocenters. The third kappa shape index (κ3) is 3.13. The quantitative estimate of drug-likeness (QED) is 0.380. The zero-order chi connectivity index (χ0) is 24.4. The molecule has 4 aromatic rings. The van der Waals surface area contributed by atoms with Gasteiger partial charge in [0, 0.05) is 42.9 Å². The van der Waals surface area contributed by atoms with E-state index in [9.17, 15) is 9.18 Å². The van der Waals surface area contributed by atoms with Crippen molar-refractivity contribution < 1.29 is 9.18 Å². The van der Waals surface area contributed by atoms with Gasteiger partial charge in [0.15, 0.2) is 0 Å². The first-order chi connectivity index (χ1) is 17.6. The topological polar surface area (TPSA) is 41.4 Å². The number of aryl methyl sites for hydroxylation is 1.